The van der Waals surface area contributed by atoms with Gasteiger partial charge in [-0.3, -0.25) is 4.79 Å². The molecule has 2 rings (SSSR count). The van der Waals surface area contributed by atoms with Crippen LogP contribution in [0.15, 0.2) is 48.5 Å². The maximum Gasteiger partial charge on any atom is 0.251 e. The number of carbonyl (C=O) groups excluding carboxylic acids is 1. The Labute approximate surface area is 117 Å². The molecule has 1 amide bonds. The number of hydrogen-bond donors (Lipinski definition) is 1. The van der Waals surface area contributed by atoms with Crippen LogP contribution in [0.2, 0.25) is 0 Å². The summed E-state index contributed by atoms with van der Waals surface area (Å²) in [5.41, 5.74) is 1.23. The average molecular weight is 273 g/mol. The zero-order valence-corrected chi connectivity index (χ0v) is 11.4. The summed E-state index contributed by atoms with van der Waals surface area (Å²) in [5.74, 6) is 0.000794. The number of amides is 1. The van der Waals surface area contributed by atoms with E-state index < -0.39 is 5.82 Å². The number of benzene rings is 2. The summed E-state index contributed by atoms with van der Waals surface area (Å²) >= 11 is 0. The van der Waals surface area contributed by atoms with Gasteiger partial charge in [0.15, 0.2) is 0 Å². The molecule has 0 aliphatic carbocycles. The number of carbonyl (C=O) groups is 1. The van der Waals surface area contributed by atoms with Gasteiger partial charge in [-0.05, 0) is 42.8 Å². The SMILES string of the molecule is COc1cccc([C@H](C)NC(=O)c2cccc(F)c2)c1. The normalized spacial score (nSPS) is 11.8. The van der Waals surface area contributed by atoms with Crippen LogP contribution in [0.25, 0.3) is 0 Å². The van der Waals surface area contributed by atoms with E-state index >= 15 is 0 Å². The number of halogens is 1. The van der Waals surface area contributed by atoms with Crippen molar-refractivity contribution in [2.24, 2.45) is 0 Å². The monoisotopic (exact) mass is 273 g/mol. The highest BCUT2D eigenvalue weighted by Gasteiger charge is 2.12. The molecule has 0 saturated carbocycles. The van der Waals surface area contributed by atoms with Crippen LogP contribution in [-0.2, 0) is 0 Å². The lowest BCUT2D eigenvalue weighted by molar-refractivity contribution is 0.0939. The van der Waals surface area contributed by atoms with Crippen LogP contribution < -0.4 is 10.1 Å². The minimum absolute atomic E-state index is 0.194. The van der Waals surface area contributed by atoms with Crippen molar-refractivity contribution in [2.75, 3.05) is 7.11 Å². The van der Waals surface area contributed by atoms with Gasteiger partial charge in [0.2, 0.25) is 0 Å². The summed E-state index contributed by atoms with van der Waals surface area (Å²) in [6.45, 7) is 1.87. The van der Waals surface area contributed by atoms with E-state index in [2.05, 4.69) is 5.32 Å². The Hall–Kier alpha value is -2.36. The molecule has 1 atom stereocenters. The van der Waals surface area contributed by atoms with E-state index in [1.807, 2.05) is 31.2 Å². The minimum atomic E-state index is -0.424. The maximum atomic E-state index is 13.1. The first-order valence-corrected chi connectivity index (χ1v) is 6.30. The lowest BCUT2D eigenvalue weighted by atomic mass is 10.1. The number of nitrogens with one attached hydrogen (secondary N) is 1. The van der Waals surface area contributed by atoms with Crippen molar-refractivity contribution in [3.8, 4) is 5.75 Å². The van der Waals surface area contributed by atoms with Gasteiger partial charge in [-0.25, -0.2) is 4.39 Å². The molecule has 20 heavy (non-hydrogen) atoms. The molecule has 2 aromatic rings. The molecule has 0 saturated heterocycles. The summed E-state index contributed by atoms with van der Waals surface area (Å²) in [6.07, 6.45) is 0. The van der Waals surface area contributed by atoms with Crippen molar-refractivity contribution in [1.29, 1.82) is 0 Å². The molecular formula is C16H16FNO2. The predicted molar refractivity (Wildman–Crippen MR) is 75.3 cm³/mol. The number of hydrogen-bond acceptors (Lipinski definition) is 2. The first-order valence-electron chi connectivity index (χ1n) is 6.30. The molecule has 4 heteroatoms. The fourth-order valence-electron chi connectivity index (χ4n) is 1.90. The molecule has 3 nitrogen and oxygen atoms in total. The summed E-state index contributed by atoms with van der Waals surface area (Å²) < 4.78 is 18.2. The van der Waals surface area contributed by atoms with Gasteiger partial charge in [0.25, 0.3) is 5.91 Å². The van der Waals surface area contributed by atoms with Crippen LogP contribution >= 0.6 is 0 Å². The van der Waals surface area contributed by atoms with Crippen molar-refractivity contribution in [3.05, 3.63) is 65.5 Å². The lowest BCUT2D eigenvalue weighted by Gasteiger charge is -2.15. The largest absolute Gasteiger partial charge is 0.497 e. The topological polar surface area (TPSA) is 38.3 Å². The Bertz CT molecular complexity index is 613. The van der Waals surface area contributed by atoms with E-state index in [1.54, 1.807) is 13.2 Å². The van der Waals surface area contributed by atoms with Gasteiger partial charge in [0, 0.05) is 5.56 Å². The Kier molecular flexibility index (Phi) is 4.35. The van der Waals surface area contributed by atoms with Gasteiger partial charge < -0.3 is 10.1 Å². The summed E-state index contributed by atoms with van der Waals surface area (Å²) in [6, 6.07) is 12.9. The molecule has 1 N–H and O–H groups in total. The summed E-state index contributed by atoms with van der Waals surface area (Å²) in [7, 11) is 1.59. The van der Waals surface area contributed by atoms with Crippen molar-refractivity contribution in [3.63, 3.8) is 0 Å². The third-order valence-corrected chi connectivity index (χ3v) is 3.03. The van der Waals surface area contributed by atoms with Gasteiger partial charge in [-0.2, -0.15) is 0 Å². The molecule has 0 heterocycles. The zero-order valence-electron chi connectivity index (χ0n) is 11.4. The first-order chi connectivity index (χ1) is 9.60. The fraction of sp³-hybridized carbons (Fsp3) is 0.188. The van der Waals surface area contributed by atoms with E-state index in [4.69, 9.17) is 4.74 Å². The maximum absolute atomic E-state index is 13.1. The van der Waals surface area contributed by atoms with Crippen LogP contribution in [0.3, 0.4) is 0 Å². The molecule has 0 unspecified atom stereocenters. The molecule has 0 bridgehead atoms. The third kappa shape index (κ3) is 3.35. The van der Waals surface area contributed by atoms with Crippen molar-refractivity contribution >= 4 is 5.91 Å². The fourth-order valence-corrected chi connectivity index (χ4v) is 1.90. The zero-order chi connectivity index (χ0) is 14.5. The van der Waals surface area contributed by atoms with Crippen molar-refractivity contribution in [1.82, 2.24) is 5.32 Å². The van der Waals surface area contributed by atoms with Crippen LogP contribution in [0.1, 0.15) is 28.9 Å². The molecule has 2 aromatic carbocycles. The summed E-state index contributed by atoms with van der Waals surface area (Å²) in [4.78, 5) is 12.0. The Morgan fingerprint density at radius 1 is 1.20 bits per heavy atom. The van der Waals surface area contributed by atoms with Crippen LogP contribution in [0.4, 0.5) is 4.39 Å². The second-order valence-electron chi connectivity index (χ2n) is 4.48. The molecule has 0 spiro atoms. The lowest BCUT2D eigenvalue weighted by Crippen LogP contribution is -2.26. The van der Waals surface area contributed by atoms with Crippen LogP contribution in [0, 0.1) is 5.82 Å². The van der Waals surface area contributed by atoms with E-state index in [9.17, 15) is 9.18 Å². The second kappa shape index (κ2) is 6.19. The molecule has 0 radical (unpaired) electrons. The molecule has 0 aliphatic rings. The second-order valence-corrected chi connectivity index (χ2v) is 4.48. The quantitative estimate of drug-likeness (QED) is 0.928. The van der Waals surface area contributed by atoms with E-state index in [-0.39, 0.29) is 11.9 Å². The highest BCUT2D eigenvalue weighted by atomic mass is 19.1. The van der Waals surface area contributed by atoms with Gasteiger partial charge in [-0.1, -0.05) is 18.2 Å². The Morgan fingerprint density at radius 3 is 2.65 bits per heavy atom. The highest BCUT2D eigenvalue weighted by Crippen LogP contribution is 2.19. The standard InChI is InChI=1S/C16H16FNO2/c1-11(12-5-4-8-15(10-12)20-2)18-16(19)13-6-3-7-14(17)9-13/h3-11H,1-2H3,(H,18,19)/t11-/m0/s1. The van der Waals surface area contributed by atoms with Gasteiger partial charge >= 0.3 is 0 Å². The number of rotatable bonds is 4. The van der Waals surface area contributed by atoms with Gasteiger partial charge in [0.1, 0.15) is 11.6 Å². The predicted octanol–water partition coefficient (Wildman–Crippen LogP) is 3.33. The Balaban J connectivity index is 2.10. The average Bonchev–Trinajstić information content (AvgIpc) is 2.47. The van der Waals surface area contributed by atoms with Gasteiger partial charge in [0.05, 0.1) is 13.2 Å². The minimum Gasteiger partial charge on any atom is -0.497 e. The highest BCUT2D eigenvalue weighted by molar-refractivity contribution is 5.94. The van der Waals surface area contributed by atoms with Crippen LogP contribution in [-0.4, -0.2) is 13.0 Å². The molecule has 0 aromatic heterocycles. The molecule has 0 fully saturated rings. The molecular weight excluding hydrogens is 257 g/mol. The van der Waals surface area contributed by atoms with Gasteiger partial charge in [-0.15, -0.1) is 0 Å². The smallest absolute Gasteiger partial charge is 0.251 e. The number of ether oxygens (including phenoxy) is 1. The van der Waals surface area contributed by atoms with Crippen molar-refractivity contribution in [2.45, 2.75) is 13.0 Å². The van der Waals surface area contributed by atoms with E-state index in [0.29, 0.717) is 5.56 Å². The molecule has 104 valence electrons. The third-order valence-electron chi connectivity index (χ3n) is 3.03. The van der Waals surface area contributed by atoms with E-state index in [0.717, 1.165) is 11.3 Å². The number of methoxy groups -OCH3 is 1. The first kappa shape index (κ1) is 14.1. The van der Waals surface area contributed by atoms with Crippen LogP contribution in [0.5, 0.6) is 5.75 Å². The molecule has 0 aliphatic heterocycles. The summed E-state index contributed by atoms with van der Waals surface area (Å²) in [5, 5.41) is 2.83. The Morgan fingerprint density at radius 2 is 1.95 bits per heavy atom. The van der Waals surface area contributed by atoms with E-state index in [1.165, 1.54) is 18.2 Å². The van der Waals surface area contributed by atoms with Crippen molar-refractivity contribution < 1.29 is 13.9 Å².